The quantitative estimate of drug-likeness (QED) is 0.667. The van der Waals surface area contributed by atoms with Crippen molar-refractivity contribution in [2.75, 3.05) is 7.11 Å². The molecule has 0 radical (unpaired) electrons. The van der Waals surface area contributed by atoms with Gasteiger partial charge in [0.15, 0.2) is 0 Å². The second kappa shape index (κ2) is 7.03. The first-order valence-electron chi connectivity index (χ1n) is 8.29. The Balaban J connectivity index is 2.31. The van der Waals surface area contributed by atoms with E-state index in [2.05, 4.69) is 0 Å². The zero-order valence-electron chi connectivity index (χ0n) is 15.1. The van der Waals surface area contributed by atoms with Crippen molar-refractivity contribution in [3.8, 4) is 17.2 Å². The molecule has 7 heteroatoms. The molecule has 0 amide bonds. The number of benzene rings is 2. The monoisotopic (exact) mass is 369 g/mol. The molecule has 0 fully saturated rings. The maximum atomic E-state index is 12.4. The first-order chi connectivity index (χ1) is 12.8. The predicted molar refractivity (Wildman–Crippen MR) is 99.0 cm³/mol. The minimum atomic E-state index is -1.29. The number of aromatic nitrogens is 1. The summed E-state index contributed by atoms with van der Waals surface area (Å²) in [5, 5.41) is 19.7. The molecule has 7 nitrogen and oxygen atoms in total. The van der Waals surface area contributed by atoms with Gasteiger partial charge in [0.05, 0.1) is 18.7 Å². The van der Waals surface area contributed by atoms with Crippen LogP contribution in [0.15, 0.2) is 42.5 Å². The Labute approximate surface area is 155 Å². The molecule has 0 saturated carbocycles. The summed E-state index contributed by atoms with van der Waals surface area (Å²) in [6.45, 7) is 3.82. The zero-order valence-corrected chi connectivity index (χ0v) is 15.1. The number of nitrogens with zero attached hydrogens (tertiary/aromatic N) is 1. The van der Waals surface area contributed by atoms with Crippen LogP contribution in [0.2, 0.25) is 0 Å². The van der Waals surface area contributed by atoms with Crippen LogP contribution in [-0.4, -0.2) is 39.9 Å². The van der Waals surface area contributed by atoms with Gasteiger partial charge in [-0.05, 0) is 56.3 Å². The van der Waals surface area contributed by atoms with E-state index in [0.717, 1.165) is 0 Å². The van der Waals surface area contributed by atoms with Crippen molar-refractivity contribution in [1.82, 2.24) is 4.57 Å². The SMILES string of the molecule is COC(=O)c1c(C(=O)O)c2cc(O)ccc2n1-c1ccc(OC(C)C)cc1. The molecule has 0 bridgehead atoms. The Bertz CT molecular complexity index is 1020. The number of carbonyl (C=O) groups excluding carboxylic acids is 1. The normalized spacial score (nSPS) is 11.0. The number of rotatable bonds is 5. The number of ether oxygens (including phenoxy) is 2. The number of fused-ring (bicyclic) bond motifs is 1. The number of carboxylic acids is 1. The summed E-state index contributed by atoms with van der Waals surface area (Å²) in [7, 11) is 1.19. The van der Waals surface area contributed by atoms with Gasteiger partial charge in [-0.2, -0.15) is 0 Å². The van der Waals surface area contributed by atoms with Crippen LogP contribution in [0.5, 0.6) is 11.5 Å². The largest absolute Gasteiger partial charge is 0.508 e. The van der Waals surface area contributed by atoms with Crippen LogP contribution >= 0.6 is 0 Å². The highest BCUT2D eigenvalue weighted by molar-refractivity contribution is 6.13. The number of carbonyl (C=O) groups is 2. The molecule has 0 spiro atoms. The van der Waals surface area contributed by atoms with Crippen LogP contribution in [0.3, 0.4) is 0 Å². The van der Waals surface area contributed by atoms with Crippen molar-refractivity contribution in [1.29, 1.82) is 0 Å². The number of aromatic carboxylic acids is 1. The van der Waals surface area contributed by atoms with Crippen molar-refractivity contribution in [3.05, 3.63) is 53.7 Å². The van der Waals surface area contributed by atoms with Gasteiger partial charge < -0.3 is 24.3 Å². The van der Waals surface area contributed by atoms with E-state index in [9.17, 15) is 19.8 Å². The maximum absolute atomic E-state index is 12.4. The summed E-state index contributed by atoms with van der Waals surface area (Å²) in [4.78, 5) is 24.3. The summed E-state index contributed by atoms with van der Waals surface area (Å²) in [5.74, 6) is -1.52. The minimum absolute atomic E-state index is 0.00970. The second-order valence-electron chi connectivity index (χ2n) is 6.22. The summed E-state index contributed by atoms with van der Waals surface area (Å²) in [6, 6.07) is 11.2. The molecule has 2 N–H and O–H groups in total. The first-order valence-corrected chi connectivity index (χ1v) is 8.29. The molecule has 0 aliphatic carbocycles. The Morgan fingerprint density at radius 2 is 1.74 bits per heavy atom. The van der Waals surface area contributed by atoms with Gasteiger partial charge in [0.25, 0.3) is 0 Å². The number of aromatic hydroxyl groups is 1. The molecule has 3 aromatic rings. The number of methoxy groups -OCH3 is 1. The standard InChI is InChI=1S/C20H19NO6/c1-11(2)27-14-7-4-12(5-8-14)21-16-9-6-13(22)10-15(16)17(19(23)24)18(21)20(25)26-3/h4-11,22H,1-3H3,(H,23,24). The van der Waals surface area contributed by atoms with Gasteiger partial charge in [-0.1, -0.05) is 0 Å². The van der Waals surface area contributed by atoms with E-state index in [1.807, 2.05) is 13.8 Å². The van der Waals surface area contributed by atoms with Crippen LogP contribution in [0.4, 0.5) is 0 Å². The number of hydrogen-bond donors (Lipinski definition) is 2. The van der Waals surface area contributed by atoms with Gasteiger partial charge >= 0.3 is 11.9 Å². The molecular formula is C20H19NO6. The summed E-state index contributed by atoms with van der Waals surface area (Å²) in [6.07, 6.45) is 0.00970. The van der Waals surface area contributed by atoms with Crippen molar-refractivity contribution in [2.24, 2.45) is 0 Å². The van der Waals surface area contributed by atoms with E-state index in [1.54, 1.807) is 30.3 Å². The molecule has 0 aliphatic rings. The highest BCUT2D eigenvalue weighted by Crippen LogP contribution is 2.33. The van der Waals surface area contributed by atoms with Gasteiger partial charge in [0, 0.05) is 11.1 Å². The Kier molecular flexibility index (Phi) is 4.77. The predicted octanol–water partition coefficient (Wildman–Crippen LogP) is 3.61. The lowest BCUT2D eigenvalue weighted by Gasteiger charge is -2.13. The molecule has 0 atom stereocenters. The molecule has 0 aliphatic heterocycles. The molecule has 140 valence electrons. The van der Waals surface area contributed by atoms with E-state index in [-0.39, 0.29) is 28.5 Å². The number of phenols is 1. The molecule has 2 aromatic carbocycles. The van der Waals surface area contributed by atoms with Gasteiger partial charge in [0.1, 0.15) is 22.8 Å². The van der Waals surface area contributed by atoms with Crippen molar-refractivity contribution >= 4 is 22.8 Å². The van der Waals surface area contributed by atoms with Crippen molar-refractivity contribution < 1.29 is 29.3 Å². The fourth-order valence-electron chi connectivity index (χ4n) is 3.00. The zero-order chi connectivity index (χ0) is 19.7. The van der Waals surface area contributed by atoms with Gasteiger partial charge in [-0.15, -0.1) is 0 Å². The molecular weight excluding hydrogens is 350 g/mol. The second-order valence-corrected chi connectivity index (χ2v) is 6.22. The third kappa shape index (κ3) is 3.31. The number of carboxylic acid groups (broad SMARTS) is 1. The van der Waals surface area contributed by atoms with Crippen LogP contribution in [-0.2, 0) is 4.74 Å². The van der Waals surface area contributed by atoms with Crippen molar-refractivity contribution in [2.45, 2.75) is 20.0 Å². The molecule has 0 unspecified atom stereocenters. The van der Waals surface area contributed by atoms with E-state index in [1.165, 1.54) is 23.8 Å². The van der Waals surface area contributed by atoms with Gasteiger partial charge in [-0.3, -0.25) is 0 Å². The minimum Gasteiger partial charge on any atom is -0.508 e. The van der Waals surface area contributed by atoms with Crippen LogP contribution < -0.4 is 4.74 Å². The lowest BCUT2D eigenvalue weighted by molar-refractivity contribution is 0.0575. The van der Waals surface area contributed by atoms with Crippen LogP contribution in [0, 0.1) is 0 Å². The summed E-state index contributed by atoms with van der Waals surface area (Å²) < 4.78 is 11.9. The first kappa shape index (κ1) is 18.3. The number of esters is 1. The lowest BCUT2D eigenvalue weighted by atomic mass is 10.1. The Morgan fingerprint density at radius 1 is 1.07 bits per heavy atom. The van der Waals surface area contributed by atoms with E-state index in [4.69, 9.17) is 9.47 Å². The Hall–Kier alpha value is -3.48. The molecule has 27 heavy (non-hydrogen) atoms. The average Bonchev–Trinajstić information content (AvgIpc) is 2.95. The molecule has 3 rings (SSSR count). The average molecular weight is 369 g/mol. The molecule has 1 heterocycles. The molecule has 0 saturated heterocycles. The van der Waals surface area contributed by atoms with E-state index >= 15 is 0 Å². The highest BCUT2D eigenvalue weighted by atomic mass is 16.5. The van der Waals surface area contributed by atoms with Crippen LogP contribution in [0.1, 0.15) is 34.7 Å². The highest BCUT2D eigenvalue weighted by Gasteiger charge is 2.28. The van der Waals surface area contributed by atoms with E-state index in [0.29, 0.717) is 17.0 Å². The number of hydrogen-bond acceptors (Lipinski definition) is 5. The summed E-state index contributed by atoms with van der Waals surface area (Å²) in [5.41, 5.74) is 0.677. The van der Waals surface area contributed by atoms with E-state index < -0.39 is 11.9 Å². The maximum Gasteiger partial charge on any atom is 0.355 e. The lowest BCUT2D eigenvalue weighted by Crippen LogP contribution is -2.14. The third-order valence-electron chi connectivity index (χ3n) is 4.01. The summed E-state index contributed by atoms with van der Waals surface area (Å²) >= 11 is 0. The third-order valence-corrected chi connectivity index (χ3v) is 4.01. The topological polar surface area (TPSA) is 98.0 Å². The van der Waals surface area contributed by atoms with Gasteiger partial charge in [0.2, 0.25) is 0 Å². The van der Waals surface area contributed by atoms with Gasteiger partial charge in [-0.25, -0.2) is 9.59 Å². The molecule has 1 aromatic heterocycles. The fourth-order valence-corrected chi connectivity index (χ4v) is 3.00. The van der Waals surface area contributed by atoms with Crippen LogP contribution in [0.25, 0.3) is 16.6 Å². The fraction of sp³-hybridized carbons (Fsp3) is 0.200. The smallest absolute Gasteiger partial charge is 0.355 e. The van der Waals surface area contributed by atoms with Crippen molar-refractivity contribution in [3.63, 3.8) is 0 Å². The number of phenolic OH excluding ortho intramolecular Hbond substituents is 1. The Morgan fingerprint density at radius 3 is 2.30 bits per heavy atom.